The van der Waals surface area contributed by atoms with Gasteiger partial charge >= 0.3 is 0 Å². The van der Waals surface area contributed by atoms with Crippen LogP contribution in [-0.4, -0.2) is 33.3 Å². The van der Waals surface area contributed by atoms with Crippen molar-refractivity contribution in [2.75, 3.05) is 22.9 Å². The third kappa shape index (κ3) is 5.01. The number of hydrogen-bond acceptors (Lipinski definition) is 7. The van der Waals surface area contributed by atoms with Gasteiger partial charge in [0.2, 0.25) is 0 Å². The van der Waals surface area contributed by atoms with E-state index in [1.807, 2.05) is 24.3 Å². The molecule has 1 aromatic carbocycles. The summed E-state index contributed by atoms with van der Waals surface area (Å²) < 4.78 is 0. The molecule has 1 unspecified atom stereocenters. The maximum Gasteiger partial charge on any atom is 0.275 e. The van der Waals surface area contributed by atoms with Crippen molar-refractivity contribution < 1.29 is 4.79 Å². The molecule has 1 aliphatic rings. The van der Waals surface area contributed by atoms with E-state index in [1.54, 1.807) is 18.0 Å². The second kappa shape index (κ2) is 9.05. The van der Waals surface area contributed by atoms with Crippen LogP contribution < -0.4 is 16.4 Å². The summed E-state index contributed by atoms with van der Waals surface area (Å²) in [6.45, 7) is 5.04. The Hall–Kier alpha value is -2.61. The van der Waals surface area contributed by atoms with Crippen LogP contribution in [0.25, 0.3) is 0 Å². The van der Waals surface area contributed by atoms with Crippen LogP contribution in [0.3, 0.4) is 0 Å². The van der Waals surface area contributed by atoms with Crippen molar-refractivity contribution in [3.05, 3.63) is 47.9 Å². The largest absolute Gasteiger partial charge is 0.379 e. The third-order valence-electron chi connectivity index (χ3n) is 4.66. The minimum Gasteiger partial charge on any atom is -0.379 e. The highest BCUT2D eigenvalue weighted by Crippen LogP contribution is 2.35. The number of benzene rings is 1. The average molecular weight is 399 g/mol. The Morgan fingerprint density at radius 3 is 2.89 bits per heavy atom. The van der Waals surface area contributed by atoms with Gasteiger partial charge in [-0.2, -0.15) is 0 Å². The van der Waals surface area contributed by atoms with Gasteiger partial charge in [0.15, 0.2) is 5.17 Å². The van der Waals surface area contributed by atoms with Gasteiger partial charge in [-0.15, -0.1) is 0 Å². The summed E-state index contributed by atoms with van der Waals surface area (Å²) in [6.07, 6.45) is 6.13. The van der Waals surface area contributed by atoms with Crippen molar-refractivity contribution in [1.29, 1.82) is 0 Å². The minimum absolute atomic E-state index is 0.272. The van der Waals surface area contributed by atoms with Crippen LogP contribution >= 0.6 is 11.8 Å². The third-order valence-corrected chi connectivity index (χ3v) is 5.45. The van der Waals surface area contributed by atoms with Crippen molar-refractivity contribution in [2.45, 2.75) is 38.6 Å². The molecule has 0 fully saturated rings. The first-order chi connectivity index (χ1) is 13.5. The van der Waals surface area contributed by atoms with Gasteiger partial charge in [-0.1, -0.05) is 37.2 Å². The van der Waals surface area contributed by atoms with Crippen LogP contribution in [0, 0.1) is 0 Å². The Morgan fingerprint density at radius 1 is 1.32 bits per heavy atom. The minimum atomic E-state index is -0.373. The monoisotopic (exact) mass is 398 g/mol. The van der Waals surface area contributed by atoms with Gasteiger partial charge in [0.05, 0.1) is 17.9 Å². The van der Waals surface area contributed by atoms with E-state index in [0.29, 0.717) is 16.7 Å². The maximum absolute atomic E-state index is 12.5. The number of nitrogens with zero attached hydrogens (tertiary/aromatic N) is 3. The molecule has 0 spiro atoms. The molecule has 0 radical (unpaired) electrons. The number of anilines is 2. The van der Waals surface area contributed by atoms with E-state index in [2.05, 4.69) is 39.4 Å². The average Bonchev–Trinajstić information content (AvgIpc) is 2.69. The Bertz CT molecular complexity index is 854. The zero-order chi connectivity index (χ0) is 20.0. The lowest BCUT2D eigenvalue weighted by Crippen LogP contribution is -2.28. The van der Waals surface area contributed by atoms with Crippen LogP contribution in [0.1, 0.15) is 49.2 Å². The lowest BCUT2D eigenvalue weighted by molar-refractivity contribution is 0.102. The second-order valence-electron chi connectivity index (χ2n) is 6.92. The van der Waals surface area contributed by atoms with Gasteiger partial charge in [0.1, 0.15) is 11.5 Å². The number of aromatic nitrogens is 2. The van der Waals surface area contributed by atoms with Crippen LogP contribution in [0.15, 0.2) is 41.7 Å². The van der Waals surface area contributed by atoms with Gasteiger partial charge in [0, 0.05) is 18.0 Å². The predicted molar refractivity (Wildman–Crippen MR) is 116 cm³/mol. The van der Waals surface area contributed by atoms with Crippen LogP contribution in [-0.2, 0) is 5.54 Å². The summed E-state index contributed by atoms with van der Waals surface area (Å²) in [5.41, 5.74) is 7.53. The molecule has 1 aliphatic heterocycles. The zero-order valence-electron chi connectivity index (χ0n) is 16.2. The lowest BCUT2D eigenvalue weighted by Gasteiger charge is -2.30. The molecule has 7 nitrogen and oxygen atoms in total. The molecule has 2 heterocycles. The molecule has 0 saturated carbocycles. The first kappa shape index (κ1) is 20.1. The summed E-state index contributed by atoms with van der Waals surface area (Å²) in [5.74, 6) is 1.30. The number of carbonyl (C=O) groups excluding carboxylic acids is 1. The molecule has 2 aromatic rings. The van der Waals surface area contributed by atoms with Crippen LogP contribution in [0.5, 0.6) is 0 Å². The molecular formula is C20H26N6OS. The van der Waals surface area contributed by atoms with Crippen LogP contribution in [0.4, 0.5) is 11.5 Å². The number of amidine groups is 1. The highest BCUT2D eigenvalue weighted by atomic mass is 32.2. The fraction of sp³-hybridized carbons (Fsp3) is 0.400. The van der Waals surface area contributed by atoms with E-state index < -0.39 is 0 Å². The number of nitrogens with two attached hydrogens (primary N) is 1. The van der Waals surface area contributed by atoms with Crippen molar-refractivity contribution in [2.24, 2.45) is 10.7 Å². The second-order valence-corrected chi connectivity index (χ2v) is 8.04. The Labute approximate surface area is 169 Å². The topological polar surface area (TPSA) is 105 Å². The van der Waals surface area contributed by atoms with E-state index in [0.717, 1.165) is 37.1 Å². The van der Waals surface area contributed by atoms with E-state index >= 15 is 0 Å². The molecule has 8 heteroatoms. The Kier molecular flexibility index (Phi) is 6.51. The van der Waals surface area contributed by atoms with E-state index in [9.17, 15) is 4.79 Å². The molecule has 1 atom stereocenters. The van der Waals surface area contributed by atoms with Gasteiger partial charge in [-0.3, -0.25) is 9.79 Å². The molecule has 0 aliphatic carbocycles. The van der Waals surface area contributed by atoms with Crippen molar-refractivity contribution in [3.8, 4) is 0 Å². The van der Waals surface area contributed by atoms with E-state index in [1.165, 1.54) is 6.20 Å². The number of hydrogen-bond donors (Lipinski definition) is 3. The van der Waals surface area contributed by atoms with Crippen molar-refractivity contribution >= 4 is 34.3 Å². The highest BCUT2D eigenvalue weighted by Gasteiger charge is 2.29. The van der Waals surface area contributed by atoms with Gasteiger partial charge < -0.3 is 16.4 Å². The smallest absolute Gasteiger partial charge is 0.275 e. The number of nitrogens with one attached hydrogen (secondary N) is 2. The molecule has 1 amide bonds. The number of rotatable bonds is 7. The summed E-state index contributed by atoms with van der Waals surface area (Å²) in [5, 5.41) is 6.68. The van der Waals surface area contributed by atoms with Crippen molar-refractivity contribution in [3.63, 3.8) is 0 Å². The molecule has 148 valence electrons. The number of amides is 1. The SMILES string of the molecule is CCCCNc1cnc(C(=O)Nc2cccc(C3(C)CCSC(N)=N3)c2)cn1. The number of carbonyl (C=O) groups is 1. The first-order valence-electron chi connectivity index (χ1n) is 9.46. The van der Waals surface area contributed by atoms with Gasteiger partial charge in [-0.05, 0) is 37.5 Å². The summed E-state index contributed by atoms with van der Waals surface area (Å²) >= 11 is 1.57. The molecule has 4 N–H and O–H groups in total. The zero-order valence-corrected chi connectivity index (χ0v) is 17.1. The number of thioether (sulfide) groups is 1. The standard InChI is InChI=1S/C20H26N6OS/c1-3-4-9-22-17-13-23-16(12-24-17)18(27)25-15-7-5-6-14(11-15)20(2)8-10-28-19(21)26-20/h5-7,11-13H,3-4,8-10H2,1-2H3,(H2,21,26)(H,22,24)(H,25,27). The molecule has 0 bridgehead atoms. The normalized spacial score (nSPS) is 19.0. The molecule has 1 aromatic heterocycles. The summed E-state index contributed by atoms with van der Waals surface area (Å²) in [6, 6.07) is 7.72. The van der Waals surface area contributed by atoms with Gasteiger partial charge in [0.25, 0.3) is 5.91 Å². The van der Waals surface area contributed by atoms with Crippen LogP contribution in [0.2, 0.25) is 0 Å². The maximum atomic E-state index is 12.5. The predicted octanol–water partition coefficient (Wildman–Crippen LogP) is 3.61. The molecule has 28 heavy (non-hydrogen) atoms. The quantitative estimate of drug-likeness (QED) is 0.615. The van der Waals surface area contributed by atoms with Crippen molar-refractivity contribution in [1.82, 2.24) is 9.97 Å². The number of unbranched alkanes of at least 4 members (excludes halogenated alkanes) is 1. The Morgan fingerprint density at radius 2 is 2.18 bits per heavy atom. The Balaban J connectivity index is 1.68. The highest BCUT2D eigenvalue weighted by molar-refractivity contribution is 8.13. The summed E-state index contributed by atoms with van der Waals surface area (Å²) in [4.78, 5) is 25.6. The van der Waals surface area contributed by atoms with Gasteiger partial charge in [-0.25, -0.2) is 9.97 Å². The lowest BCUT2D eigenvalue weighted by atomic mass is 9.89. The molecule has 3 rings (SSSR count). The molecular weight excluding hydrogens is 372 g/mol. The molecule has 0 saturated heterocycles. The first-order valence-corrected chi connectivity index (χ1v) is 10.4. The summed E-state index contributed by atoms with van der Waals surface area (Å²) in [7, 11) is 0. The fourth-order valence-electron chi connectivity index (χ4n) is 2.95. The van der Waals surface area contributed by atoms with E-state index in [-0.39, 0.29) is 17.1 Å². The van der Waals surface area contributed by atoms with E-state index in [4.69, 9.17) is 5.73 Å². The fourth-order valence-corrected chi connectivity index (χ4v) is 3.93. The number of aliphatic imine (C=N–C) groups is 1.